The molecule has 2 aromatic heterocycles. The minimum absolute atomic E-state index is 0.121. The zero-order chi connectivity index (χ0) is 12.7. The maximum atomic E-state index is 9.53. The first kappa shape index (κ1) is 11.2. The molecule has 4 nitrogen and oxygen atoms in total. The van der Waals surface area contributed by atoms with Gasteiger partial charge in [0.25, 0.3) is 0 Å². The fraction of sp³-hybridized carbons (Fsp3) is 0.214. The van der Waals surface area contributed by atoms with Gasteiger partial charge < -0.3 is 14.8 Å². The van der Waals surface area contributed by atoms with E-state index in [2.05, 4.69) is 4.98 Å². The molecular weight excluding hydrogens is 228 g/mol. The first-order chi connectivity index (χ1) is 8.77. The number of para-hydroxylation sites is 1. The van der Waals surface area contributed by atoms with E-state index in [0.29, 0.717) is 11.3 Å². The van der Waals surface area contributed by atoms with E-state index < -0.39 is 0 Å². The summed E-state index contributed by atoms with van der Waals surface area (Å²) in [7, 11) is 1.96. The van der Waals surface area contributed by atoms with E-state index in [4.69, 9.17) is 0 Å². The van der Waals surface area contributed by atoms with E-state index >= 15 is 0 Å². The molecular formula is C14H14N2O2. The Bertz CT molecular complexity index is 731. The Kier molecular flexibility index (Phi) is 2.54. The number of pyridine rings is 1. The van der Waals surface area contributed by atoms with Crippen LogP contribution in [0.2, 0.25) is 0 Å². The van der Waals surface area contributed by atoms with Crippen molar-refractivity contribution < 1.29 is 10.2 Å². The SMILES string of the molecule is Cn1c2ccccc2c2cnc(CO)c(CO)c21. The molecule has 0 unspecified atom stereocenters. The van der Waals surface area contributed by atoms with Crippen molar-refractivity contribution in [2.75, 3.05) is 0 Å². The average molecular weight is 242 g/mol. The third kappa shape index (κ3) is 1.36. The summed E-state index contributed by atoms with van der Waals surface area (Å²) >= 11 is 0. The van der Waals surface area contributed by atoms with E-state index in [0.717, 1.165) is 21.8 Å². The molecule has 0 bridgehead atoms. The quantitative estimate of drug-likeness (QED) is 0.719. The second-order valence-electron chi connectivity index (χ2n) is 4.34. The first-order valence-corrected chi connectivity index (χ1v) is 5.83. The largest absolute Gasteiger partial charge is 0.392 e. The lowest BCUT2D eigenvalue weighted by molar-refractivity contribution is 0.257. The number of rotatable bonds is 2. The van der Waals surface area contributed by atoms with Crippen LogP contribution >= 0.6 is 0 Å². The van der Waals surface area contributed by atoms with Crippen LogP contribution in [-0.2, 0) is 20.3 Å². The van der Waals surface area contributed by atoms with Crippen LogP contribution in [0.3, 0.4) is 0 Å². The smallest absolute Gasteiger partial charge is 0.0857 e. The van der Waals surface area contributed by atoms with Gasteiger partial charge in [0.1, 0.15) is 0 Å². The van der Waals surface area contributed by atoms with Crippen LogP contribution in [0.15, 0.2) is 30.5 Å². The molecule has 1 aromatic carbocycles. The number of aryl methyl sites for hydroxylation is 1. The van der Waals surface area contributed by atoms with E-state index in [1.807, 2.05) is 35.9 Å². The van der Waals surface area contributed by atoms with Gasteiger partial charge in [0.15, 0.2) is 0 Å². The molecule has 0 saturated heterocycles. The van der Waals surface area contributed by atoms with Crippen LogP contribution in [0, 0.1) is 0 Å². The summed E-state index contributed by atoms with van der Waals surface area (Å²) in [6, 6.07) is 8.05. The summed E-state index contributed by atoms with van der Waals surface area (Å²) in [5.41, 5.74) is 3.28. The molecule has 0 radical (unpaired) electrons. The highest BCUT2D eigenvalue weighted by Gasteiger charge is 2.14. The van der Waals surface area contributed by atoms with Crippen LogP contribution in [0.5, 0.6) is 0 Å². The summed E-state index contributed by atoms with van der Waals surface area (Å²) in [5.74, 6) is 0. The number of fused-ring (bicyclic) bond motifs is 3. The van der Waals surface area contributed by atoms with Crippen LogP contribution < -0.4 is 0 Å². The fourth-order valence-electron chi connectivity index (χ4n) is 2.58. The van der Waals surface area contributed by atoms with Crippen molar-refractivity contribution in [1.82, 2.24) is 9.55 Å². The van der Waals surface area contributed by atoms with Gasteiger partial charge in [-0.15, -0.1) is 0 Å². The predicted octanol–water partition coefficient (Wildman–Crippen LogP) is 1.71. The molecule has 92 valence electrons. The molecule has 2 heterocycles. The highest BCUT2D eigenvalue weighted by atomic mass is 16.3. The van der Waals surface area contributed by atoms with Crippen molar-refractivity contribution in [3.63, 3.8) is 0 Å². The monoisotopic (exact) mass is 242 g/mol. The third-order valence-electron chi connectivity index (χ3n) is 3.44. The molecule has 3 rings (SSSR count). The number of aliphatic hydroxyl groups excluding tert-OH is 2. The predicted molar refractivity (Wildman–Crippen MR) is 70.1 cm³/mol. The van der Waals surface area contributed by atoms with Gasteiger partial charge in [0.2, 0.25) is 0 Å². The van der Waals surface area contributed by atoms with Gasteiger partial charge >= 0.3 is 0 Å². The summed E-state index contributed by atoms with van der Waals surface area (Å²) in [4.78, 5) is 4.24. The maximum Gasteiger partial charge on any atom is 0.0857 e. The fourth-order valence-corrected chi connectivity index (χ4v) is 2.58. The van der Waals surface area contributed by atoms with Crippen LogP contribution in [0.4, 0.5) is 0 Å². The summed E-state index contributed by atoms with van der Waals surface area (Å²) in [6.07, 6.45) is 1.77. The van der Waals surface area contributed by atoms with E-state index in [-0.39, 0.29) is 13.2 Å². The molecule has 4 heteroatoms. The number of hydrogen-bond acceptors (Lipinski definition) is 3. The van der Waals surface area contributed by atoms with Crippen LogP contribution in [0.25, 0.3) is 21.8 Å². The van der Waals surface area contributed by atoms with Gasteiger partial charge in [0, 0.05) is 35.1 Å². The number of aliphatic hydroxyl groups is 2. The third-order valence-corrected chi connectivity index (χ3v) is 3.44. The lowest BCUT2D eigenvalue weighted by atomic mass is 10.1. The van der Waals surface area contributed by atoms with Crippen molar-refractivity contribution >= 4 is 21.8 Å². The summed E-state index contributed by atoms with van der Waals surface area (Å²) < 4.78 is 2.04. The minimum atomic E-state index is -0.159. The summed E-state index contributed by atoms with van der Waals surface area (Å²) in [5, 5.41) is 20.9. The lowest BCUT2D eigenvalue weighted by Crippen LogP contribution is -2.01. The van der Waals surface area contributed by atoms with E-state index in [1.165, 1.54) is 0 Å². The van der Waals surface area contributed by atoms with E-state index in [1.54, 1.807) is 6.20 Å². The Hall–Kier alpha value is -1.91. The summed E-state index contributed by atoms with van der Waals surface area (Å²) in [6.45, 7) is -0.280. The number of hydrogen-bond donors (Lipinski definition) is 2. The molecule has 0 aliphatic carbocycles. The standard InChI is InChI=1S/C14H14N2O2/c1-16-13-5-3-2-4-9(13)10-6-15-12(8-18)11(7-17)14(10)16/h2-6,17-18H,7-8H2,1H3. The molecule has 0 saturated carbocycles. The first-order valence-electron chi connectivity index (χ1n) is 5.83. The molecule has 0 amide bonds. The Labute approximate surface area is 104 Å². The zero-order valence-electron chi connectivity index (χ0n) is 10.1. The zero-order valence-corrected chi connectivity index (χ0v) is 10.1. The van der Waals surface area contributed by atoms with Crippen molar-refractivity contribution in [2.45, 2.75) is 13.2 Å². The Morgan fingerprint density at radius 2 is 1.89 bits per heavy atom. The van der Waals surface area contributed by atoms with Crippen LogP contribution in [-0.4, -0.2) is 19.8 Å². The molecule has 0 atom stereocenters. The molecule has 0 spiro atoms. The molecule has 3 aromatic rings. The van der Waals surface area contributed by atoms with Crippen LogP contribution in [0.1, 0.15) is 11.3 Å². The Morgan fingerprint density at radius 3 is 2.61 bits per heavy atom. The minimum Gasteiger partial charge on any atom is -0.392 e. The second kappa shape index (κ2) is 4.08. The Morgan fingerprint density at radius 1 is 1.11 bits per heavy atom. The van der Waals surface area contributed by atoms with Gasteiger partial charge in [-0.3, -0.25) is 4.98 Å². The van der Waals surface area contributed by atoms with Gasteiger partial charge in [-0.05, 0) is 6.07 Å². The molecule has 2 N–H and O–H groups in total. The lowest BCUT2D eigenvalue weighted by Gasteiger charge is -2.07. The Balaban J connectivity index is 2.55. The van der Waals surface area contributed by atoms with Crippen molar-refractivity contribution in [3.8, 4) is 0 Å². The molecule has 18 heavy (non-hydrogen) atoms. The van der Waals surface area contributed by atoms with Gasteiger partial charge in [-0.2, -0.15) is 0 Å². The van der Waals surface area contributed by atoms with Gasteiger partial charge in [0.05, 0.1) is 24.4 Å². The van der Waals surface area contributed by atoms with E-state index in [9.17, 15) is 10.2 Å². The van der Waals surface area contributed by atoms with Crippen molar-refractivity contribution in [2.24, 2.45) is 7.05 Å². The molecule has 0 fully saturated rings. The number of aromatic nitrogens is 2. The highest BCUT2D eigenvalue weighted by Crippen LogP contribution is 2.30. The van der Waals surface area contributed by atoms with Gasteiger partial charge in [-0.1, -0.05) is 18.2 Å². The second-order valence-corrected chi connectivity index (χ2v) is 4.34. The highest BCUT2D eigenvalue weighted by molar-refractivity contribution is 6.08. The topological polar surface area (TPSA) is 58.3 Å². The molecule has 0 aliphatic heterocycles. The van der Waals surface area contributed by atoms with Crippen molar-refractivity contribution in [3.05, 3.63) is 41.7 Å². The number of nitrogens with zero attached hydrogens (tertiary/aromatic N) is 2. The maximum absolute atomic E-state index is 9.53. The van der Waals surface area contributed by atoms with Gasteiger partial charge in [-0.25, -0.2) is 0 Å². The number of benzene rings is 1. The normalized spacial score (nSPS) is 11.5. The average Bonchev–Trinajstić information content (AvgIpc) is 2.72. The molecule has 0 aliphatic rings. The van der Waals surface area contributed by atoms with Crippen molar-refractivity contribution in [1.29, 1.82) is 0 Å².